The largest absolute Gasteiger partial charge is 0.444 e. The summed E-state index contributed by atoms with van der Waals surface area (Å²) >= 11 is 3.12. The average molecular weight is 339 g/mol. The highest BCUT2D eigenvalue weighted by Gasteiger charge is 2.19. The number of halogens is 3. The summed E-state index contributed by atoms with van der Waals surface area (Å²) in [6.45, 7) is 2.01. The summed E-state index contributed by atoms with van der Waals surface area (Å²) < 4.78 is 34.1. The quantitative estimate of drug-likeness (QED) is 0.910. The summed E-state index contributed by atoms with van der Waals surface area (Å²) in [5.41, 5.74) is -0.711. The van der Waals surface area contributed by atoms with Gasteiger partial charge in [0.25, 0.3) is 0 Å². The smallest absolute Gasteiger partial charge is 0.412 e. The van der Waals surface area contributed by atoms with Crippen molar-refractivity contribution in [2.24, 2.45) is 0 Å². The molecule has 1 aromatic rings. The first-order valence-corrected chi connectivity index (χ1v) is 6.07. The zero-order valence-electron chi connectivity index (χ0n) is 10.5. The van der Waals surface area contributed by atoms with E-state index >= 15 is 0 Å². The van der Waals surface area contributed by atoms with Gasteiger partial charge in [-0.25, -0.2) is 9.78 Å². The Hall–Kier alpha value is -1.44. The summed E-state index contributed by atoms with van der Waals surface area (Å²) in [4.78, 5) is 15.2. The molecule has 0 atom stereocenters. The van der Waals surface area contributed by atoms with E-state index in [4.69, 9.17) is 4.74 Å². The molecule has 19 heavy (non-hydrogen) atoms. The van der Waals surface area contributed by atoms with Crippen molar-refractivity contribution in [3.05, 3.63) is 16.7 Å². The average Bonchev–Trinajstić information content (AvgIpc) is 2.18. The number of nitrogens with one attached hydrogen (secondary N) is 1. The maximum atomic E-state index is 12.2. The van der Waals surface area contributed by atoms with Crippen LogP contribution in [0.15, 0.2) is 16.7 Å². The van der Waals surface area contributed by atoms with Gasteiger partial charge in [0.1, 0.15) is 11.3 Å². The van der Waals surface area contributed by atoms with Crippen LogP contribution in [0, 0.1) is 0 Å². The van der Waals surface area contributed by atoms with E-state index in [-0.39, 0.29) is 11.6 Å². The Balaban J connectivity index is 2.86. The maximum Gasteiger partial charge on any atom is 0.412 e. The Bertz CT molecular complexity index is 464. The van der Waals surface area contributed by atoms with E-state index in [1.165, 1.54) is 12.3 Å². The number of pyridine rings is 1. The number of hydrogen-bond donors (Lipinski definition) is 1. The molecule has 1 heterocycles. The van der Waals surface area contributed by atoms with Gasteiger partial charge in [-0.15, -0.1) is 0 Å². The molecule has 0 bridgehead atoms. The number of nitrogens with zero attached hydrogens (tertiary/aromatic N) is 1. The number of carbonyl (C=O) groups is 1. The third kappa shape index (κ3) is 5.82. The van der Waals surface area contributed by atoms with Crippen molar-refractivity contribution in [1.82, 2.24) is 4.98 Å². The zero-order chi connectivity index (χ0) is 14.6. The van der Waals surface area contributed by atoms with Crippen LogP contribution in [0.25, 0.3) is 0 Å². The van der Waals surface area contributed by atoms with Gasteiger partial charge in [-0.1, -0.05) is 0 Å². The van der Waals surface area contributed by atoms with E-state index in [1.54, 1.807) is 20.8 Å². The lowest BCUT2D eigenvalue weighted by Crippen LogP contribution is -2.27. The van der Waals surface area contributed by atoms with Gasteiger partial charge in [-0.3, -0.25) is 5.32 Å². The number of anilines is 1. The van der Waals surface area contributed by atoms with Gasteiger partial charge >= 0.3 is 12.7 Å². The first-order valence-electron chi connectivity index (χ1n) is 5.28. The number of carbonyl (C=O) groups excluding carboxylic acids is 1. The van der Waals surface area contributed by atoms with E-state index in [0.29, 0.717) is 4.47 Å². The molecule has 0 saturated heterocycles. The predicted molar refractivity (Wildman–Crippen MR) is 68.4 cm³/mol. The van der Waals surface area contributed by atoms with Crippen LogP contribution in [-0.2, 0) is 4.74 Å². The van der Waals surface area contributed by atoms with Crippen LogP contribution in [0.5, 0.6) is 5.88 Å². The minimum absolute atomic E-state index is 0.0103. The standard InChI is InChI=1S/C11H13BrF2N2O3/c1-11(2,3)19-10(17)16-7-4-6(12)5-15-8(7)18-9(13)14/h4-5,9H,1-3H3,(H,16,17). The molecule has 0 fully saturated rings. The maximum absolute atomic E-state index is 12.2. The highest BCUT2D eigenvalue weighted by atomic mass is 79.9. The van der Waals surface area contributed by atoms with E-state index in [0.717, 1.165) is 0 Å². The zero-order valence-corrected chi connectivity index (χ0v) is 12.1. The summed E-state index contributed by atoms with van der Waals surface area (Å²) in [6.07, 6.45) is 0.490. The van der Waals surface area contributed by atoms with E-state index < -0.39 is 18.3 Å². The highest BCUT2D eigenvalue weighted by molar-refractivity contribution is 9.10. The molecule has 0 radical (unpaired) electrons. The monoisotopic (exact) mass is 338 g/mol. The highest BCUT2D eigenvalue weighted by Crippen LogP contribution is 2.27. The second-order valence-electron chi connectivity index (χ2n) is 4.51. The minimum atomic E-state index is -3.03. The molecule has 1 amide bonds. The summed E-state index contributed by atoms with van der Waals surface area (Å²) in [5, 5.41) is 2.30. The molecule has 106 valence electrons. The second kappa shape index (κ2) is 6.14. The predicted octanol–water partition coefficient (Wildman–Crippen LogP) is 3.79. The van der Waals surface area contributed by atoms with Crippen LogP contribution < -0.4 is 10.1 Å². The number of alkyl halides is 2. The van der Waals surface area contributed by atoms with Crippen molar-refractivity contribution >= 4 is 27.7 Å². The molecule has 1 rings (SSSR count). The lowest BCUT2D eigenvalue weighted by Gasteiger charge is -2.20. The Morgan fingerprint density at radius 1 is 1.47 bits per heavy atom. The van der Waals surface area contributed by atoms with Gasteiger partial charge in [0.05, 0.1) is 0 Å². The Kier molecular flexibility index (Phi) is 5.04. The third-order valence-corrected chi connectivity index (χ3v) is 2.09. The van der Waals surface area contributed by atoms with Crippen molar-refractivity contribution in [2.45, 2.75) is 33.0 Å². The first-order chi connectivity index (χ1) is 8.67. The van der Waals surface area contributed by atoms with Crippen LogP contribution in [0.4, 0.5) is 19.3 Å². The van der Waals surface area contributed by atoms with Gasteiger partial charge in [0.2, 0.25) is 5.88 Å². The first kappa shape index (κ1) is 15.6. The lowest BCUT2D eigenvalue weighted by atomic mass is 10.2. The van der Waals surface area contributed by atoms with Crippen molar-refractivity contribution < 1.29 is 23.0 Å². The fraction of sp³-hybridized carbons (Fsp3) is 0.455. The fourth-order valence-electron chi connectivity index (χ4n) is 1.11. The SMILES string of the molecule is CC(C)(C)OC(=O)Nc1cc(Br)cnc1OC(F)F. The summed E-state index contributed by atoms with van der Waals surface area (Å²) in [7, 11) is 0. The molecule has 0 aliphatic rings. The minimum Gasteiger partial charge on any atom is -0.444 e. The Labute approximate surface area is 117 Å². The van der Waals surface area contributed by atoms with Gasteiger partial charge in [0, 0.05) is 10.7 Å². The van der Waals surface area contributed by atoms with Crippen molar-refractivity contribution in [3.63, 3.8) is 0 Å². The number of hydrogen-bond acceptors (Lipinski definition) is 4. The van der Waals surface area contributed by atoms with Gasteiger partial charge in [0.15, 0.2) is 0 Å². The number of aromatic nitrogens is 1. The summed E-state index contributed by atoms with van der Waals surface area (Å²) in [6, 6.07) is 1.38. The molecular weight excluding hydrogens is 326 g/mol. The molecule has 0 saturated carbocycles. The van der Waals surface area contributed by atoms with Crippen molar-refractivity contribution in [3.8, 4) is 5.88 Å². The Morgan fingerprint density at radius 2 is 2.11 bits per heavy atom. The molecule has 0 aliphatic heterocycles. The molecule has 1 N–H and O–H groups in total. The second-order valence-corrected chi connectivity index (χ2v) is 5.43. The normalized spacial score (nSPS) is 11.3. The lowest BCUT2D eigenvalue weighted by molar-refractivity contribution is -0.0524. The molecule has 8 heteroatoms. The topological polar surface area (TPSA) is 60.5 Å². The summed E-state index contributed by atoms with van der Waals surface area (Å²) in [5.74, 6) is -0.385. The van der Waals surface area contributed by atoms with Crippen molar-refractivity contribution in [1.29, 1.82) is 0 Å². The van der Waals surface area contributed by atoms with Crippen LogP contribution in [0.1, 0.15) is 20.8 Å². The van der Waals surface area contributed by atoms with Gasteiger partial charge in [-0.05, 0) is 42.8 Å². The molecular formula is C11H13BrF2N2O3. The van der Waals surface area contributed by atoms with Crippen LogP contribution in [-0.4, -0.2) is 23.3 Å². The molecule has 0 aromatic carbocycles. The number of ether oxygens (including phenoxy) is 2. The molecule has 0 spiro atoms. The fourth-order valence-corrected chi connectivity index (χ4v) is 1.44. The van der Waals surface area contributed by atoms with Gasteiger partial charge < -0.3 is 9.47 Å². The van der Waals surface area contributed by atoms with E-state index in [1.807, 2.05) is 0 Å². The number of amides is 1. The van der Waals surface area contributed by atoms with E-state index in [2.05, 4.69) is 31.0 Å². The number of rotatable bonds is 3. The van der Waals surface area contributed by atoms with Crippen LogP contribution in [0.3, 0.4) is 0 Å². The van der Waals surface area contributed by atoms with Gasteiger partial charge in [-0.2, -0.15) is 8.78 Å². The molecule has 1 aromatic heterocycles. The molecule has 0 aliphatic carbocycles. The van der Waals surface area contributed by atoms with Crippen LogP contribution >= 0.6 is 15.9 Å². The van der Waals surface area contributed by atoms with E-state index in [9.17, 15) is 13.6 Å². The molecule has 0 unspecified atom stereocenters. The van der Waals surface area contributed by atoms with Crippen LogP contribution in [0.2, 0.25) is 0 Å². The Morgan fingerprint density at radius 3 is 2.63 bits per heavy atom. The van der Waals surface area contributed by atoms with Crippen molar-refractivity contribution in [2.75, 3.05) is 5.32 Å². The molecule has 5 nitrogen and oxygen atoms in total. The third-order valence-electron chi connectivity index (χ3n) is 1.65.